The topological polar surface area (TPSA) is 107 Å². The van der Waals surface area contributed by atoms with Gasteiger partial charge in [0.2, 0.25) is 12.1 Å². The highest BCUT2D eigenvalue weighted by Gasteiger charge is 2.22. The number of rotatable bonds is 5. The Bertz CT molecular complexity index is 863. The van der Waals surface area contributed by atoms with E-state index in [4.69, 9.17) is 0 Å². The molecule has 124 valence electrons. The number of nitro groups is 1. The van der Waals surface area contributed by atoms with Crippen LogP contribution in [0.4, 0.5) is 16.0 Å². The van der Waals surface area contributed by atoms with Crippen LogP contribution in [-0.2, 0) is 16.9 Å². The standard InChI is InChI=1S/C13H15FN4O4S/c1-8(16-13-12(18(19)20)15-7-17(13)2)9-4-5-11(10(14)6-9)23(3,21)22/h4-8,16H,1-3H3. The molecule has 8 nitrogen and oxygen atoms in total. The Labute approximate surface area is 132 Å². The molecule has 0 fully saturated rings. The third-order valence-electron chi connectivity index (χ3n) is 3.30. The van der Waals surface area contributed by atoms with Crippen LogP contribution in [0.25, 0.3) is 0 Å². The first-order valence-electron chi connectivity index (χ1n) is 6.53. The van der Waals surface area contributed by atoms with Gasteiger partial charge >= 0.3 is 5.82 Å². The molecule has 0 radical (unpaired) electrons. The summed E-state index contributed by atoms with van der Waals surface area (Å²) in [6.45, 7) is 1.67. The lowest BCUT2D eigenvalue weighted by molar-refractivity contribution is -0.388. The molecule has 0 saturated heterocycles. The smallest absolute Gasteiger partial charge is 0.358 e. The van der Waals surface area contributed by atoms with E-state index < -0.39 is 26.6 Å². The van der Waals surface area contributed by atoms with Crippen LogP contribution in [0.3, 0.4) is 0 Å². The molecule has 1 aromatic carbocycles. The van der Waals surface area contributed by atoms with Crippen LogP contribution in [-0.4, -0.2) is 29.1 Å². The Kier molecular flexibility index (Phi) is 4.37. The van der Waals surface area contributed by atoms with E-state index in [0.717, 1.165) is 12.3 Å². The lowest BCUT2D eigenvalue weighted by Crippen LogP contribution is -2.12. The predicted molar refractivity (Wildman–Crippen MR) is 81.4 cm³/mol. The largest absolute Gasteiger partial charge is 0.406 e. The van der Waals surface area contributed by atoms with Crippen LogP contribution in [0.1, 0.15) is 18.5 Å². The van der Waals surface area contributed by atoms with Crippen molar-refractivity contribution in [3.05, 3.63) is 46.0 Å². The number of nitrogens with zero attached hydrogens (tertiary/aromatic N) is 3. The SMILES string of the molecule is CC(Nc1c([N+](=O)[O-])ncn1C)c1ccc(S(C)(=O)=O)c(F)c1. The molecule has 0 aliphatic rings. The average molecular weight is 342 g/mol. The summed E-state index contributed by atoms with van der Waals surface area (Å²) in [5.41, 5.74) is 0.449. The molecule has 23 heavy (non-hydrogen) atoms. The number of hydrogen-bond acceptors (Lipinski definition) is 6. The molecule has 10 heteroatoms. The molecular weight excluding hydrogens is 327 g/mol. The van der Waals surface area contributed by atoms with Gasteiger partial charge in [-0.2, -0.15) is 0 Å². The van der Waals surface area contributed by atoms with Crippen LogP contribution in [0, 0.1) is 15.9 Å². The highest BCUT2D eigenvalue weighted by Crippen LogP contribution is 2.27. The van der Waals surface area contributed by atoms with E-state index in [1.165, 1.54) is 23.0 Å². The third kappa shape index (κ3) is 3.47. The summed E-state index contributed by atoms with van der Waals surface area (Å²) in [6.07, 6.45) is 2.21. The Hall–Kier alpha value is -2.49. The third-order valence-corrected chi connectivity index (χ3v) is 4.43. The molecule has 0 bridgehead atoms. The Morgan fingerprint density at radius 2 is 2.09 bits per heavy atom. The minimum atomic E-state index is -3.65. The molecule has 1 unspecified atom stereocenters. The molecule has 0 saturated carbocycles. The Morgan fingerprint density at radius 3 is 2.61 bits per heavy atom. The van der Waals surface area contributed by atoms with Crippen molar-refractivity contribution in [2.75, 3.05) is 11.6 Å². The zero-order chi connectivity index (χ0) is 17.4. The van der Waals surface area contributed by atoms with Gasteiger partial charge in [-0.25, -0.2) is 12.8 Å². The van der Waals surface area contributed by atoms with Gasteiger partial charge in [-0.1, -0.05) is 6.07 Å². The van der Waals surface area contributed by atoms with Crippen molar-refractivity contribution in [1.29, 1.82) is 0 Å². The van der Waals surface area contributed by atoms with E-state index in [9.17, 15) is 22.9 Å². The lowest BCUT2D eigenvalue weighted by Gasteiger charge is -2.16. The number of nitrogens with one attached hydrogen (secondary N) is 1. The fourth-order valence-electron chi connectivity index (χ4n) is 2.09. The van der Waals surface area contributed by atoms with Crippen molar-refractivity contribution < 1.29 is 17.7 Å². The molecule has 2 rings (SSSR count). The molecule has 0 aliphatic carbocycles. The highest BCUT2D eigenvalue weighted by atomic mass is 32.2. The summed E-state index contributed by atoms with van der Waals surface area (Å²) in [7, 11) is -2.06. The summed E-state index contributed by atoms with van der Waals surface area (Å²) in [5.74, 6) is -1.03. The normalized spacial score (nSPS) is 12.9. The van der Waals surface area contributed by atoms with Crippen LogP contribution >= 0.6 is 0 Å². The number of sulfone groups is 1. The number of aryl methyl sites for hydroxylation is 1. The molecular formula is C13H15FN4O4S. The first-order valence-corrected chi connectivity index (χ1v) is 8.42. The zero-order valence-electron chi connectivity index (χ0n) is 12.6. The van der Waals surface area contributed by atoms with Crippen molar-refractivity contribution >= 4 is 21.5 Å². The maximum atomic E-state index is 13.9. The first-order chi connectivity index (χ1) is 10.6. The molecule has 1 heterocycles. The number of benzene rings is 1. The molecule has 0 spiro atoms. The molecule has 0 aliphatic heterocycles. The summed E-state index contributed by atoms with van der Waals surface area (Å²) in [6, 6.07) is 3.23. The van der Waals surface area contributed by atoms with Gasteiger partial charge < -0.3 is 15.4 Å². The van der Waals surface area contributed by atoms with Crippen molar-refractivity contribution in [2.24, 2.45) is 7.05 Å². The van der Waals surface area contributed by atoms with Crippen molar-refractivity contribution in [3.63, 3.8) is 0 Å². The summed E-state index contributed by atoms with van der Waals surface area (Å²) in [5, 5.41) is 13.8. The predicted octanol–water partition coefficient (Wildman–Crippen LogP) is 2.04. The van der Waals surface area contributed by atoms with Gasteiger partial charge in [0.25, 0.3) is 0 Å². The van der Waals surface area contributed by atoms with E-state index in [-0.39, 0.29) is 16.5 Å². The second kappa shape index (κ2) is 5.95. The number of hydrogen-bond donors (Lipinski definition) is 1. The maximum absolute atomic E-state index is 13.9. The van der Waals surface area contributed by atoms with Crippen LogP contribution < -0.4 is 5.32 Å². The Balaban J connectivity index is 2.32. The van der Waals surface area contributed by atoms with Gasteiger partial charge in [0, 0.05) is 13.3 Å². The quantitative estimate of drug-likeness (QED) is 0.658. The summed E-state index contributed by atoms with van der Waals surface area (Å²) in [4.78, 5) is 13.6. The van der Waals surface area contributed by atoms with Gasteiger partial charge in [0.1, 0.15) is 10.7 Å². The second-order valence-corrected chi connectivity index (χ2v) is 7.10. The minimum Gasteiger partial charge on any atom is -0.358 e. The molecule has 1 aromatic heterocycles. The van der Waals surface area contributed by atoms with Gasteiger partial charge in [-0.3, -0.25) is 4.57 Å². The highest BCUT2D eigenvalue weighted by molar-refractivity contribution is 7.90. The van der Waals surface area contributed by atoms with E-state index in [0.29, 0.717) is 5.56 Å². The monoisotopic (exact) mass is 342 g/mol. The fraction of sp³-hybridized carbons (Fsp3) is 0.308. The number of anilines is 1. The van der Waals surface area contributed by atoms with E-state index in [1.54, 1.807) is 14.0 Å². The van der Waals surface area contributed by atoms with Gasteiger partial charge in [-0.15, -0.1) is 0 Å². The molecule has 2 aromatic rings. The number of halogens is 1. The van der Waals surface area contributed by atoms with E-state index >= 15 is 0 Å². The van der Waals surface area contributed by atoms with Crippen molar-refractivity contribution in [2.45, 2.75) is 17.9 Å². The van der Waals surface area contributed by atoms with Crippen molar-refractivity contribution in [1.82, 2.24) is 9.55 Å². The van der Waals surface area contributed by atoms with Gasteiger partial charge in [0.15, 0.2) is 9.84 Å². The van der Waals surface area contributed by atoms with Crippen LogP contribution in [0.15, 0.2) is 29.4 Å². The molecule has 1 N–H and O–H groups in total. The fourth-order valence-corrected chi connectivity index (χ4v) is 2.82. The zero-order valence-corrected chi connectivity index (χ0v) is 13.5. The van der Waals surface area contributed by atoms with Crippen LogP contribution in [0.5, 0.6) is 0 Å². The van der Waals surface area contributed by atoms with Gasteiger partial charge in [-0.05, 0) is 34.5 Å². The molecule has 1 atom stereocenters. The lowest BCUT2D eigenvalue weighted by atomic mass is 10.1. The van der Waals surface area contributed by atoms with E-state index in [2.05, 4.69) is 10.3 Å². The van der Waals surface area contributed by atoms with Crippen LogP contribution in [0.2, 0.25) is 0 Å². The van der Waals surface area contributed by atoms with Gasteiger partial charge in [0.05, 0.1) is 6.04 Å². The van der Waals surface area contributed by atoms with E-state index in [1.807, 2.05) is 0 Å². The van der Waals surface area contributed by atoms with Crippen molar-refractivity contribution in [3.8, 4) is 0 Å². The average Bonchev–Trinajstić information content (AvgIpc) is 2.78. The number of aromatic nitrogens is 2. The summed E-state index contributed by atoms with van der Waals surface area (Å²) < 4.78 is 38.2. The molecule has 0 amide bonds. The first kappa shape index (κ1) is 16.9. The Morgan fingerprint density at radius 1 is 1.43 bits per heavy atom. The number of imidazole rings is 1. The second-order valence-electron chi connectivity index (χ2n) is 5.11. The minimum absolute atomic E-state index is 0.176. The maximum Gasteiger partial charge on any atom is 0.406 e. The summed E-state index contributed by atoms with van der Waals surface area (Å²) >= 11 is 0.